The lowest BCUT2D eigenvalue weighted by molar-refractivity contribution is -0.136. The minimum atomic E-state index is -4.60. The Labute approximate surface area is 218 Å². The van der Waals surface area contributed by atoms with Gasteiger partial charge in [0.15, 0.2) is 5.82 Å². The topological polar surface area (TPSA) is 109 Å². The van der Waals surface area contributed by atoms with Gasteiger partial charge in [-0.3, -0.25) is 4.79 Å². The number of alkyl halides is 3. The number of rotatable bonds is 3. The fraction of sp³-hybridized carbons (Fsp3) is 0.640. The fourth-order valence-corrected chi connectivity index (χ4v) is 8.66. The fourth-order valence-electron chi connectivity index (χ4n) is 6.95. The number of piperidine rings is 1. The minimum Gasteiger partial charge on any atom is -0.343 e. The number of hydrogen-bond acceptors (Lipinski definition) is 6. The van der Waals surface area contributed by atoms with Gasteiger partial charge in [-0.25, -0.2) is 0 Å². The van der Waals surface area contributed by atoms with Crippen LogP contribution in [0, 0.1) is 11.8 Å². The van der Waals surface area contributed by atoms with E-state index < -0.39 is 28.5 Å². The highest BCUT2D eigenvalue weighted by Gasteiger charge is 2.60. The number of nitrogens with zero attached hydrogens (tertiary/aromatic N) is 4. The average Bonchev–Trinajstić information content (AvgIpc) is 3.48. The van der Waals surface area contributed by atoms with Crippen LogP contribution in [-0.2, 0) is 27.8 Å². The van der Waals surface area contributed by atoms with Crippen molar-refractivity contribution >= 4 is 16.1 Å². The van der Waals surface area contributed by atoms with E-state index >= 15 is 0 Å². The highest BCUT2D eigenvalue weighted by molar-refractivity contribution is 7.87. The number of carbonyl (C=O) groups excluding carboxylic acids is 1. The Morgan fingerprint density at radius 1 is 1.13 bits per heavy atom. The summed E-state index contributed by atoms with van der Waals surface area (Å²) in [6.45, 7) is 1.25. The van der Waals surface area contributed by atoms with Crippen LogP contribution in [0.3, 0.4) is 0 Å². The second-order valence-electron chi connectivity index (χ2n) is 11.1. The van der Waals surface area contributed by atoms with Crippen LogP contribution >= 0.6 is 0 Å². The van der Waals surface area contributed by atoms with Crippen molar-refractivity contribution in [2.24, 2.45) is 11.8 Å². The van der Waals surface area contributed by atoms with Gasteiger partial charge in [-0.05, 0) is 73.6 Å². The maximum Gasteiger partial charge on any atom is 0.402 e. The van der Waals surface area contributed by atoms with E-state index in [9.17, 15) is 26.4 Å². The maximum atomic E-state index is 13.1. The third-order valence-corrected chi connectivity index (χ3v) is 10.5. The number of benzene rings is 1. The molecule has 0 unspecified atom stereocenters. The Morgan fingerprint density at radius 3 is 2.47 bits per heavy atom. The standard InChI is InChI=1S/C25H30F3N5O4S/c1-15(34)32-8-6-16(7-9-32)22-29-23(37-30-22)18-3-2-17-11-20-4-5-21(12-19(17)10-18)24(20)13-33(14-25(26,27)28)38(35,36)31-24/h2-3,10,16,20-21,31H,4-9,11-14H2,1H3/t20-,21+,24-/m1/s1. The van der Waals surface area contributed by atoms with Crippen LogP contribution in [0.1, 0.15) is 55.5 Å². The summed E-state index contributed by atoms with van der Waals surface area (Å²) in [6, 6.07) is 5.90. The quantitative estimate of drug-likeness (QED) is 0.626. The molecule has 2 bridgehead atoms. The van der Waals surface area contributed by atoms with E-state index in [1.807, 2.05) is 23.1 Å². The second kappa shape index (κ2) is 9.02. The highest BCUT2D eigenvalue weighted by Crippen LogP contribution is 2.50. The van der Waals surface area contributed by atoms with Crippen molar-refractivity contribution in [1.82, 2.24) is 24.1 Å². The molecule has 2 aromatic rings. The smallest absolute Gasteiger partial charge is 0.343 e. The van der Waals surface area contributed by atoms with E-state index in [1.54, 1.807) is 6.92 Å². The van der Waals surface area contributed by atoms with Gasteiger partial charge in [-0.15, -0.1) is 0 Å². The number of aromatic nitrogens is 2. The number of halogens is 3. The lowest BCUT2D eigenvalue weighted by atomic mass is 9.79. The van der Waals surface area contributed by atoms with Crippen LogP contribution in [0.4, 0.5) is 13.2 Å². The highest BCUT2D eigenvalue weighted by atomic mass is 32.2. The Hall–Kier alpha value is -2.51. The van der Waals surface area contributed by atoms with Crippen molar-refractivity contribution in [3.8, 4) is 11.5 Å². The predicted octanol–water partition coefficient (Wildman–Crippen LogP) is 3.04. The van der Waals surface area contributed by atoms with E-state index in [2.05, 4.69) is 14.9 Å². The summed E-state index contributed by atoms with van der Waals surface area (Å²) in [5.41, 5.74) is 1.97. The molecule has 38 heavy (non-hydrogen) atoms. The van der Waals surface area contributed by atoms with Gasteiger partial charge >= 0.3 is 6.18 Å². The summed E-state index contributed by atoms with van der Waals surface area (Å²) < 4.78 is 73.6. The number of nitrogens with one attached hydrogen (secondary N) is 1. The lowest BCUT2D eigenvalue weighted by Crippen LogP contribution is -2.52. The number of carbonyl (C=O) groups is 1. The average molecular weight is 554 g/mol. The molecule has 1 saturated carbocycles. The summed E-state index contributed by atoms with van der Waals surface area (Å²) in [5.74, 6) is 1.02. The Morgan fingerprint density at radius 2 is 1.82 bits per heavy atom. The van der Waals surface area contributed by atoms with Gasteiger partial charge in [0.1, 0.15) is 6.54 Å². The summed E-state index contributed by atoms with van der Waals surface area (Å²) in [7, 11) is -4.22. The summed E-state index contributed by atoms with van der Waals surface area (Å²) >= 11 is 0. The molecule has 3 fully saturated rings. The Bertz CT molecular complexity index is 1350. The zero-order valence-electron chi connectivity index (χ0n) is 21.0. The molecular formula is C25H30F3N5O4S. The van der Waals surface area contributed by atoms with E-state index in [0.717, 1.165) is 42.4 Å². The summed E-state index contributed by atoms with van der Waals surface area (Å²) in [4.78, 5) is 18.1. The molecule has 3 atom stereocenters. The molecule has 206 valence electrons. The second-order valence-corrected chi connectivity index (χ2v) is 12.8. The van der Waals surface area contributed by atoms with Crippen LogP contribution < -0.4 is 4.72 Å². The van der Waals surface area contributed by atoms with Gasteiger partial charge in [0, 0.05) is 38.0 Å². The third kappa shape index (κ3) is 4.51. The zero-order valence-corrected chi connectivity index (χ0v) is 21.8. The molecule has 1 amide bonds. The third-order valence-electron chi connectivity index (χ3n) is 8.91. The maximum absolute atomic E-state index is 13.1. The van der Waals surface area contributed by atoms with Crippen molar-refractivity contribution < 1.29 is 30.9 Å². The molecule has 9 nitrogen and oxygen atoms in total. The van der Waals surface area contributed by atoms with Gasteiger partial charge in [-0.2, -0.15) is 35.6 Å². The van der Waals surface area contributed by atoms with Gasteiger partial charge in [0.05, 0.1) is 5.54 Å². The van der Waals surface area contributed by atoms with E-state index in [0.29, 0.717) is 42.0 Å². The molecule has 6 rings (SSSR count). The van der Waals surface area contributed by atoms with E-state index in [1.165, 1.54) is 0 Å². The first kappa shape index (κ1) is 25.8. The molecule has 2 aliphatic carbocycles. The van der Waals surface area contributed by atoms with Gasteiger partial charge < -0.3 is 9.42 Å². The van der Waals surface area contributed by atoms with Crippen LogP contribution in [0.15, 0.2) is 22.7 Å². The number of fused-ring (bicyclic) bond motifs is 1. The number of likely N-dealkylation sites (tertiary alicyclic amines) is 1. The molecule has 1 aromatic heterocycles. The SMILES string of the molecule is CC(=O)N1CCC(c2noc(-c3ccc4c(c3)C[C@@H]3CC[C@H](C4)[C@]34CN(CC(F)(F)F)S(=O)(=O)N4)n2)CC1. The van der Waals surface area contributed by atoms with Gasteiger partial charge in [0.2, 0.25) is 5.91 Å². The first-order valence-corrected chi connectivity index (χ1v) is 14.4. The predicted molar refractivity (Wildman–Crippen MR) is 130 cm³/mol. The number of hydrogen-bond donors (Lipinski definition) is 1. The van der Waals surface area contributed by atoms with Gasteiger partial charge in [0.25, 0.3) is 16.1 Å². The molecule has 3 heterocycles. The molecular weight excluding hydrogens is 523 g/mol. The molecule has 1 aromatic carbocycles. The molecule has 13 heteroatoms. The van der Waals surface area contributed by atoms with Crippen molar-refractivity contribution in [1.29, 1.82) is 0 Å². The molecule has 2 saturated heterocycles. The van der Waals surface area contributed by atoms with Gasteiger partial charge in [-0.1, -0.05) is 11.2 Å². The van der Waals surface area contributed by atoms with Crippen LogP contribution in [0.5, 0.6) is 0 Å². The normalized spacial score (nSPS) is 29.5. The monoisotopic (exact) mass is 553 g/mol. The Balaban J connectivity index is 1.22. The first-order chi connectivity index (χ1) is 17.9. The largest absolute Gasteiger partial charge is 0.402 e. The van der Waals surface area contributed by atoms with E-state index in [-0.39, 0.29) is 30.2 Å². The molecule has 4 aliphatic rings. The Kier molecular flexibility index (Phi) is 6.11. The number of amides is 1. The van der Waals surface area contributed by atoms with Crippen LogP contribution in [0.25, 0.3) is 11.5 Å². The molecule has 1 N–H and O–H groups in total. The van der Waals surface area contributed by atoms with Crippen molar-refractivity contribution in [2.45, 2.75) is 63.1 Å². The zero-order chi connectivity index (χ0) is 26.9. The van der Waals surface area contributed by atoms with Crippen molar-refractivity contribution in [2.75, 3.05) is 26.2 Å². The minimum absolute atomic E-state index is 0.0659. The molecule has 1 spiro atoms. The summed E-state index contributed by atoms with van der Waals surface area (Å²) in [6.07, 6.45) is -0.380. The van der Waals surface area contributed by atoms with Crippen molar-refractivity contribution in [3.05, 3.63) is 35.2 Å². The van der Waals surface area contributed by atoms with Crippen LogP contribution in [-0.4, -0.2) is 71.6 Å². The van der Waals surface area contributed by atoms with Crippen molar-refractivity contribution in [3.63, 3.8) is 0 Å². The summed E-state index contributed by atoms with van der Waals surface area (Å²) in [5, 5.41) is 4.20. The lowest BCUT2D eigenvalue weighted by Gasteiger charge is -2.33. The van der Waals surface area contributed by atoms with Crippen LogP contribution in [0.2, 0.25) is 0 Å². The van der Waals surface area contributed by atoms with E-state index in [4.69, 9.17) is 4.52 Å². The molecule has 2 aliphatic heterocycles. The molecule has 0 radical (unpaired) electrons. The first-order valence-electron chi connectivity index (χ1n) is 13.0.